The van der Waals surface area contributed by atoms with E-state index in [0.717, 1.165) is 20.8 Å². The first kappa shape index (κ1) is 14.1. The second-order valence-corrected chi connectivity index (χ2v) is 6.17. The molecule has 2 rings (SSSR count). The second-order valence-electron chi connectivity index (χ2n) is 3.58. The van der Waals surface area contributed by atoms with E-state index in [2.05, 4.69) is 15.3 Å². The number of hydrogen-bond donors (Lipinski definition) is 1. The van der Waals surface area contributed by atoms with Crippen LogP contribution in [-0.4, -0.2) is 28.2 Å². The van der Waals surface area contributed by atoms with Gasteiger partial charge in [0.1, 0.15) is 17.9 Å². The lowest BCUT2D eigenvalue weighted by molar-refractivity contribution is -0.118. The van der Waals surface area contributed by atoms with Crippen LogP contribution in [-0.2, 0) is 4.79 Å². The van der Waals surface area contributed by atoms with Crippen molar-refractivity contribution >= 4 is 50.8 Å². The molecule has 0 aliphatic rings. The molecule has 0 aromatic carbocycles. The van der Waals surface area contributed by atoms with Gasteiger partial charge in [-0.25, -0.2) is 9.97 Å². The Labute approximate surface area is 123 Å². The molecular weight excluding hydrogens is 304 g/mol. The number of carbonyl (C=O) groups excluding carboxylic acids is 1. The van der Waals surface area contributed by atoms with Gasteiger partial charge in [0.15, 0.2) is 0 Å². The maximum atomic E-state index is 11.4. The number of thioether (sulfide) groups is 1. The zero-order chi connectivity index (χ0) is 13.8. The molecule has 0 unspecified atom stereocenters. The minimum atomic E-state index is -0.197. The van der Waals surface area contributed by atoms with E-state index < -0.39 is 0 Å². The number of nitriles is 1. The fraction of sp³-hybridized carbons (Fsp3) is 0.273. The number of amides is 1. The normalized spacial score (nSPS) is 10.4. The smallest absolute Gasteiger partial charge is 0.231 e. The largest absolute Gasteiger partial charge is 0.342 e. The van der Waals surface area contributed by atoms with Crippen molar-refractivity contribution in [1.29, 1.82) is 5.26 Å². The molecular formula is C11H9ClN4OS2. The first-order valence-corrected chi connectivity index (χ1v) is 7.47. The van der Waals surface area contributed by atoms with Crippen molar-refractivity contribution < 1.29 is 4.79 Å². The van der Waals surface area contributed by atoms with E-state index in [0.29, 0.717) is 4.34 Å². The van der Waals surface area contributed by atoms with Crippen LogP contribution in [0, 0.1) is 18.3 Å². The number of fused-ring (bicyclic) bond motifs is 1. The fourth-order valence-corrected chi connectivity index (χ4v) is 3.62. The molecule has 0 saturated heterocycles. The molecule has 98 valence electrons. The highest BCUT2D eigenvalue weighted by Gasteiger charge is 2.13. The quantitative estimate of drug-likeness (QED) is 0.533. The predicted octanol–water partition coefficient (Wildman–Crippen LogP) is 2.39. The van der Waals surface area contributed by atoms with Crippen LogP contribution in [0.3, 0.4) is 0 Å². The van der Waals surface area contributed by atoms with Crippen LogP contribution < -0.4 is 5.32 Å². The van der Waals surface area contributed by atoms with Crippen LogP contribution in [0.1, 0.15) is 5.56 Å². The van der Waals surface area contributed by atoms with Crippen molar-refractivity contribution in [3.8, 4) is 6.07 Å². The van der Waals surface area contributed by atoms with Gasteiger partial charge < -0.3 is 5.32 Å². The van der Waals surface area contributed by atoms with Gasteiger partial charge in [-0.3, -0.25) is 4.79 Å². The molecule has 19 heavy (non-hydrogen) atoms. The molecule has 1 amide bonds. The van der Waals surface area contributed by atoms with Crippen molar-refractivity contribution in [1.82, 2.24) is 15.3 Å². The molecule has 0 radical (unpaired) electrons. The summed E-state index contributed by atoms with van der Waals surface area (Å²) in [6.45, 7) is 1.92. The van der Waals surface area contributed by atoms with Crippen LogP contribution >= 0.6 is 34.7 Å². The molecule has 0 atom stereocenters. The second kappa shape index (κ2) is 6.19. The van der Waals surface area contributed by atoms with Crippen LogP contribution in [0.15, 0.2) is 11.4 Å². The molecule has 2 aromatic heterocycles. The molecule has 0 fully saturated rings. The zero-order valence-electron chi connectivity index (χ0n) is 9.94. The summed E-state index contributed by atoms with van der Waals surface area (Å²) in [5.74, 6) is 0.0141. The Morgan fingerprint density at radius 3 is 3.16 bits per heavy atom. The average molecular weight is 313 g/mol. The summed E-state index contributed by atoms with van der Waals surface area (Å²) < 4.78 is 1.58. The minimum Gasteiger partial charge on any atom is -0.342 e. The van der Waals surface area contributed by atoms with Crippen molar-refractivity contribution in [2.75, 3.05) is 12.3 Å². The highest BCUT2D eigenvalue weighted by Crippen LogP contribution is 2.37. The number of aryl methyl sites for hydroxylation is 1. The molecule has 1 N–H and O–H groups in total. The van der Waals surface area contributed by atoms with Gasteiger partial charge in [-0.05, 0) is 6.92 Å². The summed E-state index contributed by atoms with van der Waals surface area (Å²) in [6, 6.07) is 1.85. The summed E-state index contributed by atoms with van der Waals surface area (Å²) in [5, 5.41) is 11.6. The van der Waals surface area contributed by atoms with Gasteiger partial charge >= 0.3 is 0 Å². The SMILES string of the molecule is Cc1c(Cl)sc2c(SCC(=O)NCC#N)ncnc12. The van der Waals surface area contributed by atoms with Gasteiger partial charge in [-0.2, -0.15) is 5.26 Å². The molecule has 8 heteroatoms. The van der Waals surface area contributed by atoms with Gasteiger partial charge in [0.05, 0.1) is 26.4 Å². The molecule has 2 aromatic rings. The van der Waals surface area contributed by atoms with E-state index in [1.165, 1.54) is 29.4 Å². The van der Waals surface area contributed by atoms with Gasteiger partial charge in [-0.1, -0.05) is 23.4 Å². The van der Waals surface area contributed by atoms with Crippen LogP contribution in [0.25, 0.3) is 10.2 Å². The van der Waals surface area contributed by atoms with Crippen LogP contribution in [0.5, 0.6) is 0 Å². The minimum absolute atomic E-state index is 0.0164. The van der Waals surface area contributed by atoms with Crippen LogP contribution in [0.4, 0.5) is 0 Å². The monoisotopic (exact) mass is 312 g/mol. The van der Waals surface area contributed by atoms with E-state index in [1.54, 1.807) is 0 Å². The number of nitrogens with one attached hydrogen (secondary N) is 1. The van der Waals surface area contributed by atoms with E-state index in [1.807, 2.05) is 13.0 Å². The Bertz CT molecular complexity index is 664. The lowest BCUT2D eigenvalue weighted by atomic mass is 10.3. The fourth-order valence-electron chi connectivity index (χ4n) is 1.40. The van der Waals surface area contributed by atoms with Crippen molar-refractivity contribution in [3.63, 3.8) is 0 Å². The predicted molar refractivity (Wildman–Crippen MR) is 76.5 cm³/mol. The van der Waals surface area contributed by atoms with E-state index in [9.17, 15) is 4.79 Å². The first-order valence-electron chi connectivity index (χ1n) is 5.29. The molecule has 0 aliphatic carbocycles. The Kier molecular flexibility index (Phi) is 4.58. The number of thiophene rings is 1. The van der Waals surface area contributed by atoms with Crippen LogP contribution in [0.2, 0.25) is 4.34 Å². The van der Waals surface area contributed by atoms with Gasteiger partial charge in [0, 0.05) is 5.56 Å². The molecule has 0 bridgehead atoms. The Morgan fingerprint density at radius 1 is 1.63 bits per heavy atom. The lowest BCUT2D eigenvalue weighted by Crippen LogP contribution is -2.25. The summed E-state index contributed by atoms with van der Waals surface area (Å²) in [5.41, 5.74) is 1.75. The van der Waals surface area contributed by atoms with Crippen molar-refractivity contribution in [2.45, 2.75) is 11.9 Å². The molecule has 5 nitrogen and oxygen atoms in total. The molecule has 2 heterocycles. The number of carbonyl (C=O) groups is 1. The van der Waals surface area contributed by atoms with E-state index in [4.69, 9.17) is 16.9 Å². The molecule has 0 saturated carbocycles. The highest BCUT2D eigenvalue weighted by molar-refractivity contribution is 8.00. The maximum absolute atomic E-state index is 11.4. The maximum Gasteiger partial charge on any atom is 0.231 e. The number of nitrogens with zero attached hydrogens (tertiary/aromatic N) is 3. The van der Waals surface area contributed by atoms with Gasteiger partial charge in [0.2, 0.25) is 5.91 Å². The highest BCUT2D eigenvalue weighted by atomic mass is 35.5. The number of aromatic nitrogens is 2. The summed E-state index contributed by atoms with van der Waals surface area (Å²) in [4.78, 5) is 19.8. The van der Waals surface area contributed by atoms with Gasteiger partial charge in [-0.15, -0.1) is 11.3 Å². The standard InChI is InChI=1S/C11H9ClN4OS2/c1-6-8-9(19-10(6)12)11(16-5-15-8)18-4-7(17)14-3-2-13/h5H,3-4H2,1H3,(H,14,17). The number of rotatable bonds is 4. The van der Waals surface area contributed by atoms with Crippen molar-refractivity contribution in [2.24, 2.45) is 0 Å². The van der Waals surface area contributed by atoms with Crippen molar-refractivity contribution in [3.05, 3.63) is 16.2 Å². The lowest BCUT2D eigenvalue weighted by Gasteiger charge is -2.01. The average Bonchev–Trinajstić information content (AvgIpc) is 2.70. The third kappa shape index (κ3) is 3.15. The summed E-state index contributed by atoms with van der Waals surface area (Å²) in [7, 11) is 0. The van der Waals surface area contributed by atoms with Gasteiger partial charge in [0.25, 0.3) is 0 Å². The first-order chi connectivity index (χ1) is 9.13. The topological polar surface area (TPSA) is 78.7 Å². The van der Waals surface area contributed by atoms with E-state index >= 15 is 0 Å². The molecule has 0 spiro atoms. The summed E-state index contributed by atoms with van der Waals surface area (Å²) >= 11 is 8.80. The summed E-state index contributed by atoms with van der Waals surface area (Å²) in [6.07, 6.45) is 1.47. The molecule has 0 aliphatic heterocycles. The number of halogens is 1. The Morgan fingerprint density at radius 2 is 2.42 bits per heavy atom. The third-order valence-electron chi connectivity index (χ3n) is 2.32. The number of hydrogen-bond acceptors (Lipinski definition) is 6. The Balaban J connectivity index is 2.15. The zero-order valence-corrected chi connectivity index (χ0v) is 12.3. The third-order valence-corrected chi connectivity index (χ3v) is 5.03. The Hall–Kier alpha value is -1.36. The van der Waals surface area contributed by atoms with E-state index in [-0.39, 0.29) is 18.2 Å².